The number of halogens is 1. The Kier molecular flexibility index (Phi) is 6.74. The van der Waals surface area contributed by atoms with Crippen molar-refractivity contribution in [3.63, 3.8) is 0 Å². The molecule has 186 valence electrons. The van der Waals surface area contributed by atoms with Crippen molar-refractivity contribution in [3.05, 3.63) is 108 Å². The van der Waals surface area contributed by atoms with Gasteiger partial charge in [0.25, 0.3) is 0 Å². The highest BCUT2D eigenvalue weighted by Crippen LogP contribution is 2.37. The van der Waals surface area contributed by atoms with Gasteiger partial charge in [-0.2, -0.15) is 0 Å². The number of fused-ring (bicyclic) bond motifs is 4. The maximum absolute atomic E-state index is 12.0. The van der Waals surface area contributed by atoms with Crippen molar-refractivity contribution in [3.8, 4) is 11.1 Å². The van der Waals surface area contributed by atoms with Gasteiger partial charge in [0.2, 0.25) is 0 Å². The second-order valence-corrected chi connectivity index (χ2v) is 9.03. The Morgan fingerprint density at radius 2 is 1.73 bits per heavy atom. The summed E-state index contributed by atoms with van der Waals surface area (Å²) < 4.78 is 13.4. The van der Waals surface area contributed by atoms with Crippen LogP contribution in [0.3, 0.4) is 0 Å². The number of furan rings is 1. The lowest BCUT2D eigenvalue weighted by Gasteiger charge is -2.08. The molecule has 0 aliphatic rings. The molecule has 6 aromatic rings. The second-order valence-electron chi connectivity index (χ2n) is 9.03. The molecule has 2 N–H and O–H groups in total. The number of esters is 1. The lowest BCUT2D eigenvalue weighted by Crippen LogP contribution is -2.04. The van der Waals surface area contributed by atoms with Crippen LogP contribution in [0.1, 0.15) is 21.5 Å². The third-order valence-electron chi connectivity index (χ3n) is 6.79. The molecule has 0 fully saturated rings. The number of ether oxygens (including phenoxy) is 1. The molecule has 0 aliphatic heterocycles. The van der Waals surface area contributed by atoms with Crippen molar-refractivity contribution in [2.75, 3.05) is 13.7 Å². The predicted molar refractivity (Wildman–Crippen MR) is 152 cm³/mol. The minimum Gasteiger partial charge on any atom is -0.465 e. The van der Waals surface area contributed by atoms with E-state index in [2.05, 4.69) is 53.2 Å². The molecular formula is C31H27ClN2O3. The van der Waals surface area contributed by atoms with Crippen LogP contribution in [0, 0.1) is 0 Å². The van der Waals surface area contributed by atoms with Crippen molar-refractivity contribution in [1.82, 2.24) is 4.57 Å². The zero-order valence-corrected chi connectivity index (χ0v) is 21.3. The summed E-state index contributed by atoms with van der Waals surface area (Å²) in [6, 6.07) is 28.6. The van der Waals surface area contributed by atoms with Gasteiger partial charge in [0.1, 0.15) is 11.2 Å². The third-order valence-corrected chi connectivity index (χ3v) is 6.79. The number of carbonyl (C=O) groups excluding carboxylic acids is 1. The van der Waals surface area contributed by atoms with Gasteiger partial charge < -0.3 is 19.5 Å². The highest BCUT2D eigenvalue weighted by molar-refractivity contribution is 6.10. The minimum atomic E-state index is -0.331. The normalized spacial score (nSPS) is 11.2. The SMILES string of the molecule is COC(=O)c1cccc(Cn2cc(CCN)c3cc(-c4cccc5c4oc4ccccc45)ccc32)c1.Cl. The Labute approximate surface area is 220 Å². The summed E-state index contributed by atoms with van der Waals surface area (Å²) in [4.78, 5) is 12.0. The number of rotatable bonds is 6. The molecule has 5 nitrogen and oxygen atoms in total. The molecule has 0 aliphatic carbocycles. The van der Waals surface area contributed by atoms with E-state index in [0.717, 1.165) is 50.6 Å². The van der Waals surface area contributed by atoms with Crippen molar-refractivity contribution < 1.29 is 13.9 Å². The minimum absolute atomic E-state index is 0. The van der Waals surface area contributed by atoms with Crippen molar-refractivity contribution in [1.29, 1.82) is 0 Å². The molecule has 6 rings (SSSR count). The van der Waals surface area contributed by atoms with Gasteiger partial charge >= 0.3 is 5.97 Å². The summed E-state index contributed by atoms with van der Waals surface area (Å²) in [6.45, 7) is 1.21. The van der Waals surface area contributed by atoms with E-state index in [1.807, 2.05) is 36.4 Å². The number of hydrogen-bond acceptors (Lipinski definition) is 4. The van der Waals surface area contributed by atoms with E-state index in [1.54, 1.807) is 6.07 Å². The monoisotopic (exact) mass is 510 g/mol. The van der Waals surface area contributed by atoms with Crippen LogP contribution in [-0.2, 0) is 17.7 Å². The summed E-state index contributed by atoms with van der Waals surface area (Å²) in [5.74, 6) is -0.331. The Morgan fingerprint density at radius 1 is 0.919 bits per heavy atom. The van der Waals surface area contributed by atoms with Crippen LogP contribution in [0.2, 0.25) is 0 Å². The Hall–Kier alpha value is -4.06. The zero-order valence-electron chi connectivity index (χ0n) is 20.4. The number of benzene rings is 4. The number of para-hydroxylation sites is 2. The lowest BCUT2D eigenvalue weighted by molar-refractivity contribution is 0.0600. The average Bonchev–Trinajstić information content (AvgIpc) is 3.46. The van der Waals surface area contributed by atoms with Crippen molar-refractivity contribution in [2.45, 2.75) is 13.0 Å². The first kappa shape index (κ1) is 24.6. The molecule has 0 unspecified atom stereocenters. The average molecular weight is 511 g/mol. The smallest absolute Gasteiger partial charge is 0.337 e. The van der Waals surface area contributed by atoms with Crippen LogP contribution in [0.4, 0.5) is 0 Å². The molecule has 0 spiro atoms. The highest BCUT2D eigenvalue weighted by atomic mass is 35.5. The van der Waals surface area contributed by atoms with Gasteiger partial charge in [-0.25, -0.2) is 4.79 Å². The van der Waals surface area contributed by atoms with Crippen LogP contribution in [-0.4, -0.2) is 24.2 Å². The van der Waals surface area contributed by atoms with Crippen molar-refractivity contribution in [2.24, 2.45) is 5.73 Å². The van der Waals surface area contributed by atoms with Gasteiger partial charge in [-0.3, -0.25) is 0 Å². The summed E-state index contributed by atoms with van der Waals surface area (Å²) in [6.07, 6.45) is 2.96. The van der Waals surface area contributed by atoms with Crippen LogP contribution in [0.25, 0.3) is 44.0 Å². The third kappa shape index (κ3) is 4.37. The van der Waals surface area contributed by atoms with Crippen LogP contribution >= 0.6 is 12.4 Å². The van der Waals surface area contributed by atoms with E-state index in [9.17, 15) is 4.79 Å². The number of nitrogens with two attached hydrogens (primary N) is 1. The molecule has 0 bridgehead atoms. The van der Waals surface area contributed by atoms with E-state index >= 15 is 0 Å². The molecule has 37 heavy (non-hydrogen) atoms. The van der Waals surface area contributed by atoms with Gasteiger partial charge in [0, 0.05) is 40.0 Å². The number of methoxy groups -OCH3 is 1. The van der Waals surface area contributed by atoms with E-state index in [0.29, 0.717) is 18.7 Å². The van der Waals surface area contributed by atoms with E-state index in [1.165, 1.54) is 18.1 Å². The molecular weight excluding hydrogens is 484 g/mol. The van der Waals surface area contributed by atoms with Crippen LogP contribution in [0.15, 0.2) is 95.5 Å². The van der Waals surface area contributed by atoms with E-state index in [4.69, 9.17) is 14.9 Å². The van der Waals surface area contributed by atoms with Gasteiger partial charge in [-0.15, -0.1) is 12.4 Å². The first-order valence-corrected chi connectivity index (χ1v) is 12.1. The number of aromatic nitrogens is 1. The first-order chi connectivity index (χ1) is 17.7. The summed E-state index contributed by atoms with van der Waals surface area (Å²) >= 11 is 0. The Bertz CT molecular complexity index is 1750. The van der Waals surface area contributed by atoms with Crippen LogP contribution in [0.5, 0.6) is 0 Å². The molecule has 0 saturated carbocycles. The summed E-state index contributed by atoms with van der Waals surface area (Å²) in [5, 5.41) is 3.42. The molecule has 4 aromatic carbocycles. The first-order valence-electron chi connectivity index (χ1n) is 12.1. The number of hydrogen-bond donors (Lipinski definition) is 1. The Morgan fingerprint density at radius 3 is 2.57 bits per heavy atom. The van der Waals surface area contributed by atoms with E-state index < -0.39 is 0 Å². The van der Waals surface area contributed by atoms with E-state index in [-0.39, 0.29) is 18.4 Å². The largest absolute Gasteiger partial charge is 0.465 e. The summed E-state index contributed by atoms with van der Waals surface area (Å²) in [7, 11) is 1.40. The fraction of sp³-hybridized carbons (Fsp3) is 0.129. The fourth-order valence-corrected chi connectivity index (χ4v) is 5.11. The van der Waals surface area contributed by atoms with Gasteiger partial charge in [0.15, 0.2) is 0 Å². The maximum atomic E-state index is 12.0. The molecule has 0 atom stereocenters. The quantitative estimate of drug-likeness (QED) is 0.246. The number of nitrogens with zero attached hydrogens (tertiary/aromatic N) is 1. The van der Waals surface area contributed by atoms with Crippen LogP contribution < -0.4 is 5.73 Å². The topological polar surface area (TPSA) is 70.4 Å². The Balaban J connectivity index is 0.00000280. The summed E-state index contributed by atoms with van der Waals surface area (Å²) in [5.41, 5.74) is 13.9. The van der Waals surface area contributed by atoms with Gasteiger partial charge in [-0.1, -0.05) is 54.6 Å². The molecule has 6 heteroatoms. The number of carbonyl (C=O) groups is 1. The second kappa shape index (κ2) is 10.1. The van der Waals surface area contributed by atoms with Gasteiger partial charge in [0.05, 0.1) is 12.7 Å². The predicted octanol–water partition coefficient (Wildman–Crippen LogP) is 6.97. The highest BCUT2D eigenvalue weighted by Gasteiger charge is 2.15. The standard InChI is InChI=1S/C31H26N2O3.ClH/c1-35-31(34)22-7-4-6-20(16-22)18-33-19-23(14-15-32)27-17-21(12-13-28(27)33)24-9-5-10-26-25-8-2-3-11-29(25)36-30(24)26;/h2-13,16-17,19H,14-15,18,32H2,1H3;1H. The molecule has 0 amide bonds. The molecule has 2 heterocycles. The van der Waals surface area contributed by atoms with Gasteiger partial charge in [-0.05, 0) is 60.0 Å². The molecule has 2 aromatic heterocycles. The zero-order chi connectivity index (χ0) is 24.6. The molecule has 0 radical (unpaired) electrons. The molecule has 0 saturated heterocycles. The fourth-order valence-electron chi connectivity index (χ4n) is 5.11. The maximum Gasteiger partial charge on any atom is 0.337 e. The lowest BCUT2D eigenvalue weighted by atomic mass is 9.99. The van der Waals surface area contributed by atoms with Crippen molar-refractivity contribution >= 4 is 51.2 Å².